The molecule has 0 saturated heterocycles. The predicted molar refractivity (Wildman–Crippen MR) is 74.7 cm³/mol. The lowest BCUT2D eigenvalue weighted by Crippen LogP contribution is -2.57. The quantitative estimate of drug-likeness (QED) is 0.720. The normalized spacial score (nSPS) is 23.9. The van der Waals surface area contributed by atoms with Gasteiger partial charge in [0.25, 0.3) is 0 Å². The number of rotatable bonds is 5. The summed E-state index contributed by atoms with van der Waals surface area (Å²) in [6.45, 7) is 7.56. The third-order valence-corrected chi connectivity index (χ3v) is 4.21. The first-order valence-corrected chi connectivity index (χ1v) is 6.91. The molecule has 98 valence electrons. The smallest absolute Gasteiger partial charge is 0.0691 e. The Morgan fingerprint density at radius 3 is 2.29 bits per heavy atom. The van der Waals surface area contributed by atoms with Crippen LogP contribution in [-0.4, -0.2) is 18.1 Å². The van der Waals surface area contributed by atoms with Crippen LogP contribution in [0.15, 0.2) is 0 Å². The molecule has 0 heterocycles. The van der Waals surface area contributed by atoms with Gasteiger partial charge < -0.3 is 5.73 Å². The van der Waals surface area contributed by atoms with Crippen molar-refractivity contribution >= 4 is 0 Å². The van der Waals surface area contributed by atoms with Crippen LogP contribution in [-0.2, 0) is 0 Å². The number of hydrogen-bond acceptors (Lipinski definition) is 2. The third-order valence-electron chi connectivity index (χ3n) is 4.21. The molecule has 1 aliphatic rings. The number of nitrogens with two attached hydrogens (primary N) is 1. The molecule has 0 aromatic carbocycles. The summed E-state index contributed by atoms with van der Waals surface area (Å²) in [5, 5.41) is 3.65. The van der Waals surface area contributed by atoms with E-state index in [9.17, 15) is 0 Å². The Kier molecular flexibility index (Phi) is 5.04. The molecule has 1 aliphatic carbocycles. The zero-order valence-corrected chi connectivity index (χ0v) is 11.7. The van der Waals surface area contributed by atoms with Crippen LogP contribution in [0.3, 0.4) is 0 Å². The molecule has 0 aromatic rings. The van der Waals surface area contributed by atoms with Crippen molar-refractivity contribution in [2.75, 3.05) is 6.54 Å². The van der Waals surface area contributed by atoms with Gasteiger partial charge in [-0.3, -0.25) is 5.32 Å². The van der Waals surface area contributed by atoms with Crippen LogP contribution >= 0.6 is 0 Å². The minimum atomic E-state index is 0.0850. The van der Waals surface area contributed by atoms with Crippen LogP contribution in [0.4, 0.5) is 0 Å². The summed E-state index contributed by atoms with van der Waals surface area (Å²) in [6, 6.07) is 0.185. The lowest BCUT2D eigenvalue weighted by atomic mass is 9.69. The van der Waals surface area contributed by atoms with Crippen molar-refractivity contribution in [2.24, 2.45) is 11.1 Å². The monoisotopic (exact) mass is 236 g/mol. The van der Waals surface area contributed by atoms with Crippen molar-refractivity contribution in [3.63, 3.8) is 0 Å². The third kappa shape index (κ3) is 4.01. The molecule has 0 aromatic heterocycles. The molecule has 0 radical (unpaired) electrons. The summed E-state index contributed by atoms with van der Waals surface area (Å²) in [5.41, 5.74) is 6.55. The maximum atomic E-state index is 5.99. The van der Waals surface area contributed by atoms with Crippen molar-refractivity contribution in [1.82, 2.24) is 5.32 Å². The predicted octanol–water partition coefficient (Wildman–Crippen LogP) is 2.68. The van der Waals surface area contributed by atoms with Crippen LogP contribution in [0.2, 0.25) is 0 Å². The summed E-state index contributed by atoms with van der Waals surface area (Å²) >= 11 is 0. The molecule has 0 bridgehead atoms. The highest BCUT2D eigenvalue weighted by atomic mass is 15.0. The van der Waals surface area contributed by atoms with E-state index >= 15 is 0 Å². The largest absolute Gasteiger partial charge is 0.329 e. The van der Waals surface area contributed by atoms with E-state index in [1.165, 1.54) is 12.8 Å². The standard InChI is InChI=1S/C15H28N2/c1-5-7-13(6-2)17-15(12-16)10-8-14(3,4)9-11-15/h2,13,17H,5,7-12,16H2,1,3-4H3. The lowest BCUT2D eigenvalue weighted by molar-refractivity contribution is 0.133. The van der Waals surface area contributed by atoms with Crippen molar-refractivity contribution in [3.05, 3.63) is 0 Å². The molecular formula is C15H28N2. The molecule has 1 fully saturated rings. The van der Waals surface area contributed by atoms with E-state index in [2.05, 4.69) is 32.0 Å². The molecule has 0 aliphatic heterocycles. The number of nitrogens with one attached hydrogen (secondary N) is 1. The average molecular weight is 236 g/mol. The Morgan fingerprint density at radius 1 is 1.29 bits per heavy atom. The molecule has 1 unspecified atom stereocenters. The molecular weight excluding hydrogens is 208 g/mol. The van der Waals surface area contributed by atoms with E-state index in [1.807, 2.05) is 0 Å². The van der Waals surface area contributed by atoms with Crippen LogP contribution in [0.1, 0.15) is 59.3 Å². The van der Waals surface area contributed by atoms with E-state index in [1.54, 1.807) is 0 Å². The molecule has 17 heavy (non-hydrogen) atoms. The van der Waals surface area contributed by atoms with Gasteiger partial charge in [-0.25, -0.2) is 0 Å². The number of terminal acetylenes is 1. The maximum Gasteiger partial charge on any atom is 0.0691 e. The Balaban J connectivity index is 2.62. The lowest BCUT2D eigenvalue weighted by Gasteiger charge is -2.45. The van der Waals surface area contributed by atoms with Crippen molar-refractivity contribution in [1.29, 1.82) is 0 Å². The SMILES string of the molecule is C#CC(CCC)NC1(CN)CCC(C)(C)CC1. The summed E-state index contributed by atoms with van der Waals surface area (Å²) in [6.07, 6.45) is 12.5. The Labute approximate surface area is 107 Å². The minimum Gasteiger partial charge on any atom is -0.329 e. The highest BCUT2D eigenvalue weighted by molar-refractivity contribution is 5.05. The van der Waals surface area contributed by atoms with Crippen LogP contribution < -0.4 is 11.1 Å². The topological polar surface area (TPSA) is 38.0 Å². The fourth-order valence-corrected chi connectivity index (χ4v) is 2.67. The average Bonchev–Trinajstić information content (AvgIpc) is 2.31. The first-order valence-electron chi connectivity index (χ1n) is 6.91. The van der Waals surface area contributed by atoms with Crippen LogP contribution in [0.25, 0.3) is 0 Å². The van der Waals surface area contributed by atoms with Gasteiger partial charge in [0, 0.05) is 12.1 Å². The minimum absolute atomic E-state index is 0.0850. The Morgan fingerprint density at radius 2 is 1.88 bits per heavy atom. The molecule has 2 heteroatoms. The summed E-state index contributed by atoms with van der Waals surface area (Å²) in [5.74, 6) is 2.86. The Bertz CT molecular complexity index is 265. The van der Waals surface area contributed by atoms with Crippen LogP contribution in [0.5, 0.6) is 0 Å². The van der Waals surface area contributed by atoms with Gasteiger partial charge in [0.15, 0.2) is 0 Å². The fourth-order valence-electron chi connectivity index (χ4n) is 2.67. The van der Waals surface area contributed by atoms with Crippen molar-refractivity contribution in [2.45, 2.75) is 70.9 Å². The number of hydrogen-bond donors (Lipinski definition) is 2. The maximum absolute atomic E-state index is 5.99. The Hall–Kier alpha value is -0.520. The fraction of sp³-hybridized carbons (Fsp3) is 0.867. The molecule has 1 saturated carbocycles. The van der Waals surface area contributed by atoms with Gasteiger partial charge in [-0.1, -0.05) is 33.1 Å². The second-order valence-corrected chi connectivity index (χ2v) is 6.30. The van der Waals surface area contributed by atoms with Gasteiger partial charge in [0.1, 0.15) is 0 Å². The van der Waals surface area contributed by atoms with E-state index < -0.39 is 0 Å². The van der Waals surface area contributed by atoms with E-state index in [0.29, 0.717) is 12.0 Å². The van der Waals surface area contributed by atoms with Crippen molar-refractivity contribution < 1.29 is 0 Å². The molecule has 1 atom stereocenters. The second kappa shape index (κ2) is 5.89. The van der Waals surface area contributed by atoms with Crippen molar-refractivity contribution in [3.8, 4) is 12.3 Å². The highest BCUT2D eigenvalue weighted by Gasteiger charge is 2.38. The van der Waals surface area contributed by atoms with Gasteiger partial charge >= 0.3 is 0 Å². The molecule has 0 amide bonds. The van der Waals surface area contributed by atoms with Gasteiger partial charge in [-0.15, -0.1) is 6.42 Å². The van der Waals surface area contributed by atoms with Gasteiger partial charge in [0.2, 0.25) is 0 Å². The van der Waals surface area contributed by atoms with Gasteiger partial charge in [0.05, 0.1) is 6.04 Å². The molecule has 1 rings (SSSR count). The molecule has 0 spiro atoms. The molecule has 2 nitrogen and oxygen atoms in total. The van der Waals surface area contributed by atoms with E-state index in [-0.39, 0.29) is 11.6 Å². The zero-order chi connectivity index (χ0) is 12.9. The summed E-state index contributed by atoms with van der Waals surface area (Å²) in [4.78, 5) is 0. The second-order valence-electron chi connectivity index (χ2n) is 6.30. The van der Waals surface area contributed by atoms with Crippen LogP contribution in [0, 0.1) is 17.8 Å². The summed E-state index contributed by atoms with van der Waals surface area (Å²) < 4.78 is 0. The van der Waals surface area contributed by atoms with E-state index in [4.69, 9.17) is 12.2 Å². The first-order chi connectivity index (χ1) is 7.97. The zero-order valence-electron chi connectivity index (χ0n) is 11.7. The van der Waals surface area contributed by atoms with Gasteiger partial charge in [-0.05, 0) is 37.5 Å². The first kappa shape index (κ1) is 14.5. The van der Waals surface area contributed by atoms with E-state index in [0.717, 1.165) is 25.7 Å². The highest BCUT2D eigenvalue weighted by Crippen LogP contribution is 2.40. The molecule has 3 N–H and O–H groups in total. The summed E-state index contributed by atoms with van der Waals surface area (Å²) in [7, 11) is 0. The van der Waals surface area contributed by atoms with Gasteiger partial charge in [-0.2, -0.15) is 0 Å².